The average molecular weight is 336 g/mol. The van der Waals surface area contributed by atoms with Crippen molar-refractivity contribution in [1.82, 2.24) is 0 Å². The van der Waals surface area contributed by atoms with Gasteiger partial charge in [0.05, 0.1) is 24.2 Å². The maximum atomic E-state index is 13.2. The smallest absolute Gasteiger partial charge is 0.316 e. The first kappa shape index (κ1) is 16.5. The van der Waals surface area contributed by atoms with Crippen LogP contribution in [0, 0.1) is 11.3 Å². The van der Waals surface area contributed by atoms with Gasteiger partial charge in [0.15, 0.2) is 11.6 Å². The molecule has 4 aliphatic rings. The minimum atomic E-state index is -0.780. The van der Waals surface area contributed by atoms with Gasteiger partial charge >= 0.3 is 5.97 Å². The zero-order valence-corrected chi connectivity index (χ0v) is 14.6. The number of Topliss-reactive ketones (excluding diaryl/α,β-unsaturated/α-hetero) is 1. The van der Waals surface area contributed by atoms with Gasteiger partial charge in [-0.2, -0.15) is 0 Å². The predicted molar refractivity (Wildman–Crippen MR) is 86.2 cm³/mol. The summed E-state index contributed by atoms with van der Waals surface area (Å²) in [5.74, 6) is -1.76. The Balaban J connectivity index is 1.59. The minimum Gasteiger partial charge on any atom is -0.465 e. The third-order valence-electron chi connectivity index (χ3n) is 6.63. The molecule has 2 spiro atoms. The molecule has 4 fully saturated rings. The van der Waals surface area contributed by atoms with E-state index in [-0.39, 0.29) is 24.0 Å². The van der Waals surface area contributed by atoms with E-state index >= 15 is 0 Å². The Kier molecular flexibility index (Phi) is 4.20. The first-order valence-corrected chi connectivity index (χ1v) is 9.68. The SMILES string of the molecule is CCOC(=O)C1CC[C@@]2(CCCC23O[C@@H]2CCCCC[C@H]2O3)C1=O. The summed E-state index contributed by atoms with van der Waals surface area (Å²) >= 11 is 0. The van der Waals surface area contributed by atoms with Gasteiger partial charge in [-0.15, -0.1) is 0 Å². The summed E-state index contributed by atoms with van der Waals surface area (Å²) in [7, 11) is 0. The van der Waals surface area contributed by atoms with Crippen molar-refractivity contribution in [1.29, 1.82) is 0 Å². The number of hydrogen-bond acceptors (Lipinski definition) is 5. The second-order valence-electron chi connectivity index (χ2n) is 7.85. The zero-order chi connectivity index (χ0) is 16.8. The Morgan fingerprint density at radius 2 is 1.75 bits per heavy atom. The van der Waals surface area contributed by atoms with Gasteiger partial charge in [-0.05, 0) is 45.4 Å². The van der Waals surface area contributed by atoms with Crippen LogP contribution in [0.4, 0.5) is 0 Å². The van der Waals surface area contributed by atoms with Gasteiger partial charge in [0.1, 0.15) is 5.92 Å². The molecule has 0 aromatic carbocycles. The van der Waals surface area contributed by atoms with Gasteiger partial charge in [0.2, 0.25) is 0 Å². The lowest BCUT2D eigenvalue weighted by atomic mass is 9.77. The number of rotatable bonds is 2. The summed E-state index contributed by atoms with van der Waals surface area (Å²) < 4.78 is 18.1. The van der Waals surface area contributed by atoms with Gasteiger partial charge in [-0.25, -0.2) is 0 Å². The van der Waals surface area contributed by atoms with Crippen LogP contribution in [0.3, 0.4) is 0 Å². The van der Waals surface area contributed by atoms with Crippen molar-refractivity contribution in [3.8, 4) is 0 Å². The molecule has 5 nitrogen and oxygen atoms in total. The highest BCUT2D eigenvalue weighted by Crippen LogP contribution is 2.61. The fraction of sp³-hybridized carbons (Fsp3) is 0.895. The number of esters is 1. The van der Waals surface area contributed by atoms with Gasteiger partial charge in [-0.3, -0.25) is 9.59 Å². The monoisotopic (exact) mass is 336 g/mol. The first-order valence-electron chi connectivity index (χ1n) is 9.68. The van der Waals surface area contributed by atoms with E-state index in [1.54, 1.807) is 6.92 Å². The molecule has 4 atom stereocenters. The van der Waals surface area contributed by atoms with Gasteiger partial charge in [0, 0.05) is 6.42 Å². The number of fused-ring (bicyclic) bond motifs is 2. The molecule has 134 valence electrons. The molecular formula is C19H28O5. The van der Waals surface area contributed by atoms with Gasteiger partial charge in [-0.1, -0.05) is 19.3 Å². The van der Waals surface area contributed by atoms with E-state index in [1.807, 2.05) is 0 Å². The number of carbonyl (C=O) groups excluding carboxylic acids is 2. The molecule has 1 saturated heterocycles. The topological polar surface area (TPSA) is 61.8 Å². The Labute approximate surface area is 143 Å². The van der Waals surface area contributed by atoms with Crippen molar-refractivity contribution in [2.24, 2.45) is 11.3 Å². The Bertz CT molecular complexity index is 516. The molecular weight excluding hydrogens is 308 g/mol. The summed E-state index contributed by atoms with van der Waals surface area (Å²) in [6, 6.07) is 0. The Morgan fingerprint density at radius 3 is 2.42 bits per heavy atom. The van der Waals surface area contributed by atoms with Crippen LogP contribution < -0.4 is 0 Å². The van der Waals surface area contributed by atoms with Crippen molar-refractivity contribution in [3.63, 3.8) is 0 Å². The second kappa shape index (κ2) is 6.10. The lowest BCUT2D eigenvalue weighted by Crippen LogP contribution is -2.50. The highest BCUT2D eigenvalue weighted by atomic mass is 16.8. The first-order chi connectivity index (χ1) is 11.6. The van der Waals surface area contributed by atoms with Crippen molar-refractivity contribution in [2.75, 3.05) is 6.61 Å². The molecule has 0 aromatic heterocycles. The van der Waals surface area contributed by atoms with Crippen LogP contribution in [0.25, 0.3) is 0 Å². The summed E-state index contributed by atoms with van der Waals surface area (Å²) in [4.78, 5) is 25.4. The molecule has 0 bridgehead atoms. The summed E-state index contributed by atoms with van der Waals surface area (Å²) in [6.07, 6.45) is 9.63. The number of hydrogen-bond donors (Lipinski definition) is 0. The van der Waals surface area contributed by atoms with Crippen molar-refractivity contribution < 1.29 is 23.8 Å². The van der Waals surface area contributed by atoms with E-state index in [2.05, 4.69) is 0 Å². The van der Waals surface area contributed by atoms with Crippen LogP contribution in [0.5, 0.6) is 0 Å². The number of ketones is 1. The molecule has 5 heteroatoms. The van der Waals surface area contributed by atoms with E-state index in [4.69, 9.17) is 14.2 Å². The van der Waals surface area contributed by atoms with Crippen LogP contribution in [-0.2, 0) is 23.8 Å². The molecule has 0 radical (unpaired) electrons. The maximum Gasteiger partial charge on any atom is 0.316 e. The van der Waals surface area contributed by atoms with E-state index in [9.17, 15) is 9.59 Å². The fourth-order valence-electron chi connectivity index (χ4n) is 5.49. The van der Waals surface area contributed by atoms with Crippen molar-refractivity contribution in [2.45, 2.75) is 89.1 Å². The standard InChI is InChI=1S/C19H28O5/c1-2-22-17(21)13-9-12-18(16(13)20)10-6-11-19(18)23-14-7-4-3-5-8-15(14)24-19/h13-15H,2-12H2,1H3/t13?,14-,15-,18+/m1/s1. The van der Waals surface area contributed by atoms with Gasteiger partial charge in [0.25, 0.3) is 0 Å². The highest BCUT2D eigenvalue weighted by molar-refractivity contribution is 6.04. The van der Waals surface area contributed by atoms with Crippen LogP contribution >= 0.6 is 0 Å². The predicted octanol–water partition coefficient (Wildman–Crippen LogP) is 3.14. The van der Waals surface area contributed by atoms with E-state index < -0.39 is 17.1 Å². The normalized spacial score (nSPS) is 40.9. The Hall–Kier alpha value is -0.940. The summed E-state index contributed by atoms with van der Waals surface area (Å²) in [5.41, 5.74) is -0.628. The molecule has 0 aromatic rings. The fourth-order valence-corrected chi connectivity index (χ4v) is 5.49. The molecule has 1 unspecified atom stereocenters. The van der Waals surface area contributed by atoms with Crippen LogP contribution in [0.1, 0.15) is 71.1 Å². The van der Waals surface area contributed by atoms with Crippen LogP contribution in [-0.4, -0.2) is 36.4 Å². The average Bonchev–Trinajstić information content (AvgIpc) is 3.15. The number of ether oxygens (including phenoxy) is 3. The molecule has 1 aliphatic heterocycles. The maximum absolute atomic E-state index is 13.2. The largest absolute Gasteiger partial charge is 0.465 e. The summed E-state index contributed by atoms with van der Waals surface area (Å²) in [5, 5.41) is 0. The van der Waals surface area contributed by atoms with E-state index in [0.29, 0.717) is 19.4 Å². The lowest BCUT2D eigenvalue weighted by molar-refractivity contribution is -0.230. The molecule has 3 saturated carbocycles. The zero-order valence-electron chi connectivity index (χ0n) is 14.6. The van der Waals surface area contributed by atoms with Gasteiger partial charge < -0.3 is 14.2 Å². The van der Waals surface area contributed by atoms with E-state index in [0.717, 1.165) is 32.1 Å². The van der Waals surface area contributed by atoms with E-state index in [1.165, 1.54) is 19.3 Å². The summed E-state index contributed by atoms with van der Waals surface area (Å²) in [6.45, 7) is 2.10. The quantitative estimate of drug-likeness (QED) is 0.573. The molecule has 0 amide bonds. The lowest BCUT2D eigenvalue weighted by Gasteiger charge is -2.38. The van der Waals surface area contributed by atoms with Crippen molar-refractivity contribution >= 4 is 11.8 Å². The minimum absolute atomic E-state index is 0.00918. The second-order valence-corrected chi connectivity index (χ2v) is 7.85. The third-order valence-corrected chi connectivity index (χ3v) is 6.63. The molecule has 1 heterocycles. The third kappa shape index (κ3) is 2.27. The Morgan fingerprint density at radius 1 is 1.04 bits per heavy atom. The van der Waals surface area contributed by atoms with Crippen LogP contribution in [0.15, 0.2) is 0 Å². The van der Waals surface area contributed by atoms with Crippen LogP contribution in [0.2, 0.25) is 0 Å². The number of carbonyl (C=O) groups is 2. The highest BCUT2D eigenvalue weighted by Gasteiger charge is 2.69. The molecule has 3 aliphatic carbocycles. The molecule has 24 heavy (non-hydrogen) atoms. The van der Waals surface area contributed by atoms with Crippen molar-refractivity contribution in [3.05, 3.63) is 0 Å². The molecule has 4 rings (SSSR count). The molecule has 0 N–H and O–H groups in total.